The molecule has 5 fully saturated rings. The smallest absolute Gasteiger partial charge is 0.341 e. The third-order valence-electron chi connectivity index (χ3n) is 6.84. The van der Waals surface area contributed by atoms with E-state index in [1.165, 1.54) is 0 Å². The summed E-state index contributed by atoms with van der Waals surface area (Å²) in [5.74, 6) is -1.48. The predicted octanol–water partition coefficient (Wildman–Crippen LogP) is 0.511. The molecule has 5 aliphatic rings. The maximum atomic E-state index is 12.4. The summed E-state index contributed by atoms with van der Waals surface area (Å²) in [4.78, 5) is 24.6. The lowest BCUT2D eigenvalue weighted by Gasteiger charge is -2.28. The Morgan fingerprint density at radius 3 is 2.54 bits per heavy atom. The molecule has 0 aromatic heterocycles. The van der Waals surface area contributed by atoms with Crippen LogP contribution in [0.3, 0.4) is 0 Å². The van der Waals surface area contributed by atoms with Crippen molar-refractivity contribution in [2.75, 3.05) is 13.2 Å². The SMILES string of the molecule is C=C1C(=O)OC2C1CC(OC(=O)C1(C)CO1)C(=C)C1CC(O)C3(CO3)C12. The number of rotatable bonds is 2. The second-order valence-electron chi connectivity index (χ2n) is 8.35. The Kier molecular flexibility index (Phi) is 3.15. The molecule has 1 N–H and O–H groups in total. The standard InChI is InChI=1S/C19H22O7/c1-8-10-5-13(20)19(7-24-19)14(10)15-11(9(2)16(21)26-15)4-12(8)25-17(22)18(3)6-23-18/h10-15,20H,1-2,4-7H2,3H3. The van der Waals surface area contributed by atoms with Gasteiger partial charge in [0.25, 0.3) is 0 Å². The minimum atomic E-state index is -0.888. The van der Waals surface area contributed by atoms with E-state index < -0.39 is 41.5 Å². The summed E-state index contributed by atoms with van der Waals surface area (Å²) in [6.45, 7) is 10.6. The van der Waals surface area contributed by atoms with Gasteiger partial charge >= 0.3 is 11.9 Å². The van der Waals surface area contributed by atoms with Crippen LogP contribution in [-0.2, 0) is 28.5 Å². The normalized spacial score (nSPS) is 51.5. The number of esters is 2. The van der Waals surface area contributed by atoms with Gasteiger partial charge in [-0.25, -0.2) is 9.59 Å². The summed E-state index contributed by atoms with van der Waals surface area (Å²) < 4.78 is 22.2. The number of carbonyl (C=O) groups excluding carboxylic acids is 2. The average Bonchev–Trinajstić information content (AvgIpc) is 3.49. The molecule has 3 heterocycles. The third-order valence-corrected chi connectivity index (χ3v) is 6.84. The molecule has 2 aliphatic carbocycles. The first-order valence-electron chi connectivity index (χ1n) is 9.02. The van der Waals surface area contributed by atoms with Crippen molar-refractivity contribution in [3.63, 3.8) is 0 Å². The van der Waals surface area contributed by atoms with E-state index in [0.29, 0.717) is 31.6 Å². The van der Waals surface area contributed by atoms with Gasteiger partial charge in [-0.15, -0.1) is 0 Å². The summed E-state index contributed by atoms with van der Waals surface area (Å²) in [6, 6.07) is 0. The first-order valence-corrected chi connectivity index (χ1v) is 9.02. The molecule has 3 aliphatic heterocycles. The molecule has 8 atom stereocenters. The fourth-order valence-corrected chi connectivity index (χ4v) is 4.96. The second kappa shape index (κ2) is 4.97. The number of aliphatic hydroxyl groups excluding tert-OH is 1. The minimum absolute atomic E-state index is 0.146. The molecule has 1 spiro atoms. The number of aliphatic hydroxyl groups is 1. The van der Waals surface area contributed by atoms with Crippen LogP contribution in [0.2, 0.25) is 0 Å². The molecule has 0 bridgehead atoms. The van der Waals surface area contributed by atoms with Crippen molar-refractivity contribution in [2.24, 2.45) is 17.8 Å². The number of carbonyl (C=O) groups is 2. The van der Waals surface area contributed by atoms with Crippen LogP contribution in [0.5, 0.6) is 0 Å². The third kappa shape index (κ3) is 2.05. The van der Waals surface area contributed by atoms with Crippen molar-refractivity contribution in [3.05, 3.63) is 24.3 Å². The van der Waals surface area contributed by atoms with E-state index in [1.54, 1.807) is 6.92 Å². The zero-order chi connectivity index (χ0) is 18.4. The summed E-state index contributed by atoms with van der Waals surface area (Å²) in [5.41, 5.74) is -0.445. The van der Waals surface area contributed by atoms with Gasteiger partial charge in [0.05, 0.1) is 19.3 Å². The van der Waals surface area contributed by atoms with E-state index in [2.05, 4.69) is 13.2 Å². The van der Waals surface area contributed by atoms with E-state index in [0.717, 1.165) is 5.57 Å². The number of epoxide rings is 2. The first kappa shape index (κ1) is 16.5. The Hall–Kier alpha value is -1.70. The van der Waals surface area contributed by atoms with Crippen LogP contribution in [-0.4, -0.2) is 59.8 Å². The summed E-state index contributed by atoms with van der Waals surface area (Å²) in [7, 11) is 0. The van der Waals surface area contributed by atoms with Crippen LogP contribution in [0.1, 0.15) is 19.8 Å². The molecule has 3 saturated heterocycles. The number of hydrogen-bond donors (Lipinski definition) is 1. The number of ether oxygens (including phenoxy) is 4. The fourth-order valence-electron chi connectivity index (χ4n) is 4.96. The van der Waals surface area contributed by atoms with Crippen molar-refractivity contribution in [2.45, 2.75) is 49.3 Å². The largest absolute Gasteiger partial charge is 0.458 e. The highest BCUT2D eigenvalue weighted by Gasteiger charge is 2.70. The van der Waals surface area contributed by atoms with Gasteiger partial charge in [-0.1, -0.05) is 13.2 Å². The van der Waals surface area contributed by atoms with E-state index in [9.17, 15) is 14.7 Å². The highest BCUT2D eigenvalue weighted by molar-refractivity contribution is 5.91. The summed E-state index contributed by atoms with van der Waals surface area (Å²) in [6.07, 6.45) is -0.805. The number of hydrogen-bond acceptors (Lipinski definition) is 7. The summed E-state index contributed by atoms with van der Waals surface area (Å²) in [5, 5.41) is 10.6. The molecule has 8 unspecified atom stereocenters. The molecule has 7 nitrogen and oxygen atoms in total. The molecule has 0 amide bonds. The van der Waals surface area contributed by atoms with Gasteiger partial charge in [-0.3, -0.25) is 0 Å². The highest BCUT2D eigenvalue weighted by Crippen LogP contribution is 2.60. The van der Waals surface area contributed by atoms with Crippen molar-refractivity contribution < 1.29 is 33.6 Å². The topological polar surface area (TPSA) is 97.9 Å². The van der Waals surface area contributed by atoms with E-state index in [1.807, 2.05) is 0 Å². The van der Waals surface area contributed by atoms with Gasteiger partial charge in [0.1, 0.15) is 17.8 Å². The second-order valence-corrected chi connectivity index (χ2v) is 8.35. The zero-order valence-electron chi connectivity index (χ0n) is 14.6. The maximum Gasteiger partial charge on any atom is 0.341 e. The first-order chi connectivity index (χ1) is 12.3. The molecule has 5 rings (SSSR count). The molecule has 0 aromatic rings. The Morgan fingerprint density at radius 1 is 1.23 bits per heavy atom. The molecular weight excluding hydrogens is 340 g/mol. The summed E-state index contributed by atoms with van der Waals surface area (Å²) >= 11 is 0. The highest BCUT2D eigenvalue weighted by atomic mass is 16.6. The Labute approximate surface area is 150 Å². The van der Waals surface area contributed by atoms with E-state index in [-0.39, 0.29) is 17.8 Å². The Balaban J connectivity index is 1.50. The fraction of sp³-hybridized carbons (Fsp3) is 0.684. The van der Waals surface area contributed by atoms with Crippen LogP contribution in [0, 0.1) is 17.8 Å². The lowest BCUT2D eigenvalue weighted by molar-refractivity contribution is -0.154. The van der Waals surface area contributed by atoms with Gasteiger partial charge < -0.3 is 24.1 Å². The molecule has 140 valence electrons. The lowest BCUT2D eigenvalue weighted by Crippen LogP contribution is -2.40. The van der Waals surface area contributed by atoms with E-state index >= 15 is 0 Å². The Bertz CT molecular complexity index is 732. The van der Waals surface area contributed by atoms with Crippen molar-refractivity contribution >= 4 is 11.9 Å². The number of fused-ring (bicyclic) bond motifs is 4. The minimum Gasteiger partial charge on any atom is -0.458 e. The van der Waals surface area contributed by atoms with Crippen LogP contribution in [0.4, 0.5) is 0 Å². The van der Waals surface area contributed by atoms with Gasteiger partial charge in [0, 0.05) is 17.4 Å². The van der Waals surface area contributed by atoms with Crippen molar-refractivity contribution in [1.82, 2.24) is 0 Å². The maximum absolute atomic E-state index is 12.4. The van der Waals surface area contributed by atoms with Crippen LogP contribution in [0.25, 0.3) is 0 Å². The molecular formula is C19H22O7. The average molecular weight is 362 g/mol. The monoisotopic (exact) mass is 362 g/mol. The molecule has 26 heavy (non-hydrogen) atoms. The zero-order valence-corrected chi connectivity index (χ0v) is 14.6. The lowest BCUT2D eigenvalue weighted by atomic mass is 9.79. The predicted molar refractivity (Wildman–Crippen MR) is 86.8 cm³/mol. The molecule has 0 aromatic carbocycles. The Morgan fingerprint density at radius 2 is 1.92 bits per heavy atom. The molecule has 7 heteroatoms. The van der Waals surface area contributed by atoms with Gasteiger partial charge in [0.2, 0.25) is 0 Å². The van der Waals surface area contributed by atoms with Gasteiger partial charge in [-0.2, -0.15) is 0 Å². The molecule has 2 saturated carbocycles. The quantitative estimate of drug-likeness (QED) is 0.331. The van der Waals surface area contributed by atoms with Crippen molar-refractivity contribution in [3.8, 4) is 0 Å². The van der Waals surface area contributed by atoms with E-state index in [4.69, 9.17) is 18.9 Å². The van der Waals surface area contributed by atoms with Crippen LogP contribution < -0.4 is 0 Å². The van der Waals surface area contributed by atoms with Gasteiger partial charge in [0.15, 0.2) is 5.60 Å². The van der Waals surface area contributed by atoms with Gasteiger partial charge in [-0.05, 0) is 31.3 Å². The molecule has 0 radical (unpaired) electrons. The van der Waals surface area contributed by atoms with Crippen molar-refractivity contribution in [1.29, 1.82) is 0 Å². The van der Waals surface area contributed by atoms with Crippen LogP contribution in [0.15, 0.2) is 24.3 Å². The van der Waals surface area contributed by atoms with Crippen LogP contribution >= 0.6 is 0 Å².